The summed E-state index contributed by atoms with van der Waals surface area (Å²) in [5.41, 5.74) is 2.85. The molecule has 2 aromatic carbocycles. The maximum atomic E-state index is 11.7. The summed E-state index contributed by atoms with van der Waals surface area (Å²) in [5, 5.41) is 8.83. The van der Waals surface area contributed by atoms with Crippen LogP contribution >= 0.6 is 0 Å². The highest BCUT2D eigenvalue weighted by Gasteiger charge is 2.07. The smallest absolute Gasteiger partial charge is 0.462 e. The first-order chi connectivity index (χ1) is 13.5. The highest BCUT2D eigenvalue weighted by Crippen LogP contribution is 2.23. The van der Waals surface area contributed by atoms with Crippen molar-refractivity contribution in [3.8, 4) is 22.9 Å². The van der Waals surface area contributed by atoms with Gasteiger partial charge in [-0.25, -0.2) is 9.59 Å². The van der Waals surface area contributed by atoms with Crippen molar-refractivity contribution in [3.63, 3.8) is 0 Å². The van der Waals surface area contributed by atoms with E-state index in [-0.39, 0.29) is 13.2 Å². The summed E-state index contributed by atoms with van der Waals surface area (Å²) in [4.78, 5) is 22.9. The van der Waals surface area contributed by atoms with E-state index in [4.69, 9.17) is 19.5 Å². The van der Waals surface area contributed by atoms with E-state index >= 15 is 0 Å². The number of carbonyl (C=O) groups excluding carboxylic acids is 2. The molecule has 0 saturated carbocycles. The van der Waals surface area contributed by atoms with Crippen LogP contribution in [0.25, 0.3) is 11.1 Å². The van der Waals surface area contributed by atoms with Crippen LogP contribution in [-0.2, 0) is 14.3 Å². The lowest BCUT2D eigenvalue weighted by molar-refractivity contribution is -0.139. The Morgan fingerprint density at radius 1 is 0.929 bits per heavy atom. The zero-order valence-electron chi connectivity index (χ0n) is 15.6. The highest BCUT2D eigenvalue weighted by molar-refractivity contribution is 5.86. The topological polar surface area (TPSA) is 85.6 Å². The van der Waals surface area contributed by atoms with Crippen LogP contribution in [0, 0.1) is 11.3 Å². The molecule has 0 bridgehead atoms. The molecule has 0 N–H and O–H groups in total. The molecule has 0 atom stereocenters. The van der Waals surface area contributed by atoms with Crippen molar-refractivity contribution in [3.05, 3.63) is 66.2 Å². The Morgan fingerprint density at radius 3 is 2.00 bits per heavy atom. The number of nitriles is 1. The van der Waals surface area contributed by atoms with E-state index in [0.29, 0.717) is 29.7 Å². The first-order valence-corrected chi connectivity index (χ1v) is 8.77. The molecule has 0 aliphatic carbocycles. The van der Waals surface area contributed by atoms with Crippen molar-refractivity contribution in [1.29, 1.82) is 5.26 Å². The quantitative estimate of drug-likeness (QED) is 0.287. The maximum Gasteiger partial charge on any atom is 0.513 e. The molecule has 2 rings (SSSR count). The third-order valence-electron chi connectivity index (χ3n) is 3.74. The summed E-state index contributed by atoms with van der Waals surface area (Å²) in [6, 6.07) is 16.3. The summed E-state index contributed by atoms with van der Waals surface area (Å²) in [5.74, 6) is -0.0532. The van der Waals surface area contributed by atoms with Crippen LogP contribution in [0.3, 0.4) is 0 Å². The third-order valence-corrected chi connectivity index (χ3v) is 3.74. The van der Waals surface area contributed by atoms with Gasteiger partial charge < -0.3 is 14.2 Å². The van der Waals surface area contributed by atoms with Gasteiger partial charge in [0.15, 0.2) is 0 Å². The Morgan fingerprint density at radius 2 is 1.46 bits per heavy atom. The number of hydrogen-bond donors (Lipinski definition) is 0. The second-order valence-electron chi connectivity index (χ2n) is 6.04. The van der Waals surface area contributed by atoms with Gasteiger partial charge in [0.2, 0.25) is 0 Å². The summed E-state index contributed by atoms with van der Waals surface area (Å²) < 4.78 is 15.0. The Bertz CT molecular complexity index is 863. The zero-order valence-corrected chi connectivity index (χ0v) is 15.6. The van der Waals surface area contributed by atoms with E-state index in [9.17, 15) is 9.59 Å². The molecule has 6 heteroatoms. The average molecular weight is 379 g/mol. The monoisotopic (exact) mass is 379 g/mol. The first-order valence-electron chi connectivity index (χ1n) is 8.77. The molecule has 2 aromatic rings. The standard InChI is InChI=1S/C22H21NO5/c1-16(2)21(24)26-13-3-4-14-27-22(25)28-20-11-9-19(10-12-20)18-7-5-17(15-23)6-8-18/h5-12H,1,3-4,13-14H2,2H3. The van der Waals surface area contributed by atoms with Crippen molar-refractivity contribution in [1.82, 2.24) is 0 Å². The van der Waals surface area contributed by atoms with Gasteiger partial charge >= 0.3 is 12.1 Å². The third kappa shape index (κ3) is 6.61. The molecule has 0 aliphatic rings. The Hall–Kier alpha value is -3.59. The van der Waals surface area contributed by atoms with E-state index in [1.807, 2.05) is 24.3 Å². The molecule has 0 saturated heterocycles. The molecule has 0 fully saturated rings. The lowest BCUT2D eigenvalue weighted by atomic mass is 10.0. The molecule has 0 aromatic heterocycles. The molecule has 28 heavy (non-hydrogen) atoms. The van der Waals surface area contributed by atoms with E-state index in [0.717, 1.165) is 11.1 Å². The Balaban J connectivity index is 1.71. The molecule has 0 amide bonds. The molecule has 144 valence electrons. The molecule has 0 unspecified atom stereocenters. The van der Waals surface area contributed by atoms with Crippen molar-refractivity contribution >= 4 is 12.1 Å². The van der Waals surface area contributed by atoms with E-state index in [1.54, 1.807) is 31.2 Å². The van der Waals surface area contributed by atoms with Crippen LogP contribution in [0.15, 0.2) is 60.7 Å². The second-order valence-corrected chi connectivity index (χ2v) is 6.04. The average Bonchev–Trinajstić information content (AvgIpc) is 2.71. The van der Waals surface area contributed by atoms with Gasteiger partial charge in [0, 0.05) is 5.57 Å². The lowest BCUT2D eigenvalue weighted by Gasteiger charge is -2.07. The minimum absolute atomic E-state index is 0.173. The van der Waals surface area contributed by atoms with Gasteiger partial charge in [-0.3, -0.25) is 0 Å². The molecule has 0 heterocycles. The van der Waals surface area contributed by atoms with Gasteiger partial charge in [0.05, 0.1) is 24.8 Å². The Labute approximate surface area is 164 Å². The normalized spacial score (nSPS) is 9.86. The van der Waals surface area contributed by atoms with Gasteiger partial charge in [-0.2, -0.15) is 5.26 Å². The van der Waals surface area contributed by atoms with E-state index in [1.165, 1.54) is 0 Å². The minimum Gasteiger partial charge on any atom is -0.462 e. The summed E-state index contributed by atoms with van der Waals surface area (Å²) in [7, 11) is 0. The van der Waals surface area contributed by atoms with Crippen LogP contribution in [0.5, 0.6) is 5.75 Å². The molecule has 0 radical (unpaired) electrons. The van der Waals surface area contributed by atoms with Gasteiger partial charge in [-0.15, -0.1) is 0 Å². The van der Waals surface area contributed by atoms with Gasteiger partial charge in [-0.1, -0.05) is 30.8 Å². The van der Waals surface area contributed by atoms with Gasteiger partial charge in [0.25, 0.3) is 0 Å². The number of nitrogens with zero attached hydrogens (tertiary/aromatic N) is 1. The van der Waals surface area contributed by atoms with Crippen molar-refractivity contribution in [2.45, 2.75) is 19.8 Å². The Kier molecular flexibility index (Phi) is 7.79. The number of esters is 1. The fourth-order valence-corrected chi connectivity index (χ4v) is 2.23. The summed E-state index contributed by atoms with van der Waals surface area (Å²) in [6.07, 6.45) is 0.340. The van der Waals surface area contributed by atoms with Crippen LogP contribution in [-0.4, -0.2) is 25.3 Å². The molecule has 0 aliphatic heterocycles. The predicted octanol–water partition coefficient (Wildman–Crippen LogP) is 4.64. The minimum atomic E-state index is -0.787. The van der Waals surface area contributed by atoms with Crippen molar-refractivity contribution < 1.29 is 23.8 Å². The first kappa shape index (κ1) is 20.7. The number of unbranched alkanes of at least 4 members (excludes halogenated alkanes) is 1. The number of carbonyl (C=O) groups is 2. The van der Waals surface area contributed by atoms with Crippen molar-refractivity contribution in [2.75, 3.05) is 13.2 Å². The molecule has 0 spiro atoms. The van der Waals surface area contributed by atoms with Crippen LogP contribution in [0.4, 0.5) is 4.79 Å². The number of hydrogen-bond acceptors (Lipinski definition) is 6. The fraction of sp³-hybridized carbons (Fsp3) is 0.227. The lowest BCUT2D eigenvalue weighted by Crippen LogP contribution is -2.12. The SMILES string of the molecule is C=C(C)C(=O)OCCCCOC(=O)Oc1ccc(-c2ccc(C#N)cc2)cc1. The van der Waals surface area contributed by atoms with Crippen LogP contribution in [0.1, 0.15) is 25.3 Å². The van der Waals surface area contributed by atoms with E-state index in [2.05, 4.69) is 12.6 Å². The van der Waals surface area contributed by atoms with Crippen molar-refractivity contribution in [2.24, 2.45) is 0 Å². The number of ether oxygens (including phenoxy) is 3. The van der Waals surface area contributed by atoms with Gasteiger partial charge in [0.1, 0.15) is 5.75 Å². The second kappa shape index (κ2) is 10.5. The summed E-state index contributed by atoms with van der Waals surface area (Å²) in [6.45, 7) is 5.50. The number of benzene rings is 2. The van der Waals surface area contributed by atoms with Gasteiger partial charge in [-0.05, 0) is 55.2 Å². The fourth-order valence-electron chi connectivity index (χ4n) is 2.23. The molecular formula is C22H21NO5. The maximum absolute atomic E-state index is 11.7. The highest BCUT2D eigenvalue weighted by atomic mass is 16.7. The van der Waals surface area contributed by atoms with E-state index < -0.39 is 12.1 Å². The predicted molar refractivity (Wildman–Crippen MR) is 104 cm³/mol. The summed E-state index contributed by atoms with van der Waals surface area (Å²) >= 11 is 0. The zero-order chi connectivity index (χ0) is 20.4. The molecule has 6 nitrogen and oxygen atoms in total. The largest absolute Gasteiger partial charge is 0.513 e. The van der Waals surface area contributed by atoms with Crippen LogP contribution < -0.4 is 4.74 Å². The van der Waals surface area contributed by atoms with Crippen LogP contribution in [0.2, 0.25) is 0 Å². The number of rotatable bonds is 8. The molecular weight excluding hydrogens is 358 g/mol.